The molecule has 3 heteroatoms. The minimum Gasteiger partial charge on any atom is -0.356 e. The van der Waals surface area contributed by atoms with E-state index in [1.54, 1.807) is 7.05 Å². The number of hydrogen-bond acceptors (Lipinski definition) is 3. The Morgan fingerprint density at radius 2 is 2.33 bits per heavy atom. The van der Waals surface area contributed by atoms with E-state index in [0.717, 1.165) is 0 Å². The molecule has 0 unspecified atom stereocenters. The van der Waals surface area contributed by atoms with Crippen LogP contribution in [-0.4, -0.2) is 25.7 Å². The van der Waals surface area contributed by atoms with E-state index in [9.17, 15) is 0 Å². The molecule has 0 amide bonds. The van der Waals surface area contributed by atoms with Gasteiger partial charge in [-0.2, -0.15) is 0 Å². The summed E-state index contributed by atoms with van der Waals surface area (Å²) >= 11 is 0. The first kappa shape index (κ1) is 5.88. The van der Waals surface area contributed by atoms with Crippen LogP contribution in [0.15, 0.2) is 0 Å². The van der Waals surface area contributed by atoms with Gasteiger partial charge in [-0.3, -0.25) is 5.32 Å². The zero-order valence-electron chi connectivity index (χ0n) is 3.93. The molecule has 0 spiro atoms. The van der Waals surface area contributed by atoms with Gasteiger partial charge in [-0.1, -0.05) is 0 Å². The second-order valence-corrected chi connectivity index (χ2v) is 0.877. The maximum atomic E-state index is 8.33. The zero-order chi connectivity index (χ0) is 4.99. The molecule has 0 saturated carbocycles. The monoisotopic (exact) mass is 91.1 g/mol. The molecular weight excluding hydrogens is 82.0 g/mol. The summed E-state index contributed by atoms with van der Waals surface area (Å²) in [4.78, 5) is 0. The van der Waals surface area contributed by atoms with E-state index >= 15 is 0 Å². The van der Waals surface area contributed by atoms with Gasteiger partial charge in [0, 0.05) is 7.11 Å². The van der Waals surface area contributed by atoms with Crippen molar-refractivity contribution in [2.45, 2.75) is 6.41 Å². The van der Waals surface area contributed by atoms with Gasteiger partial charge in [0.05, 0.1) is 0 Å². The third-order valence-corrected chi connectivity index (χ3v) is 0.470. The minimum absolute atomic E-state index is 0.815. The fourth-order valence-corrected chi connectivity index (χ4v) is 0.118. The number of hydrogen-bond donors (Lipinski definition) is 2. The predicted octanol–water partition coefficient (Wildman–Crippen LogP) is -0.872. The summed E-state index contributed by atoms with van der Waals surface area (Å²) < 4.78 is 4.34. The summed E-state index contributed by atoms with van der Waals surface area (Å²) in [6.45, 7) is 0. The van der Waals surface area contributed by atoms with Crippen LogP contribution >= 0.6 is 0 Å². The molecule has 0 heterocycles. The van der Waals surface area contributed by atoms with Gasteiger partial charge in [-0.05, 0) is 7.05 Å². The second-order valence-electron chi connectivity index (χ2n) is 0.877. The molecule has 3 nitrogen and oxygen atoms in total. The highest BCUT2D eigenvalue weighted by Gasteiger charge is 1.88. The van der Waals surface area contributed by atoms with E-state index in [2.05, 4.69) is 10.1 Å². The van der Waals surface area contributed by atoms with E-state index < -0.39 is 6.41 Å². The van der Waals surface area contributed by atoms with Crippen molar-refractivity contribution < 1.29 is 9.84 Å². The second kappa shape index (κ2) is 3.08. The lowest BCUT2D eigenvalue weighted by Gasteiger charge is -2.02. The summed E-state index contributed by atoms with van der Waals surface area (Å²) in [7, 11) is 3.02. The van der Waals surface area contributed by atoms with Crippen molar-refractivity contribution in [2.75, 3.05) is 14.2 Å². The average Bonchev–Trinajstić information content (AvgIpc) is 1.65. The Morgan fingerprint density at radius 3 is 2.33 bits per heavy atom. The van der Waals surface area contributed by atoms with E-state index in [1.165, 1.54) is 7.11 Å². The van der Waals surface area contributed by atoms with Gasteiger partial charge < -0.3 is 9.84 Å². The summed E-state index contributed by atoms with van der Waals surface area (Å²) in [6.07, 6.45) is -0.815. The fourth-order valence-electron chi connectivity index (χ4n) is 0.118. The molecule has 0 aliphatic heterocycles. The molecule has 0 aliphatic carbocycles. The molecule has 38 valence electrons. The topological polar surface area (TPSA) is 41.5 Å². The number of methoxy groups -OCH3 is 1. The van der Waals surface area contributed by atoms with Crippen molar-refractivity contribution in [3.8, 4) is 0 Å². The first-order valence-corrected chi connectivity index (χ1v) is 1.69. The molecule has 1 atom stereocenters. The number of aliphatic hydroxyl groups excluding tert-OH is 1. The molecule has 2 N–H and O–H groups in total. The summed E-state index contributed by atoms with van der Waals surface area (Å²) in [5.74, 6) is 0. The molecular formula is C3H9NO2. The molecule has 0 bridgehead atoms. The van der Waals surface area contributed by atoms with Gasteiger partial charge in [0.15, 0.2) is 0 Å². The number of ether oxygens (including phenoxy) is 1. The first-order valence-electron chi connectivity index (χ1n) is 1.69. The van der Waals surface area contributed by atoms with Gasteiger partial charge in [0.2, 0.25) is 6.41 Å². The third kappa shape index (κ3) is 2.14. The quantitative estimate of drug-likeness (QED) is 0.434. The molecule has 0 aromatic rings. The summed E-state index contributed by atoms with van der Waals surface area (Å²) in [6, 6.07) is 0. The highest BCUT2D eigenvalue weighted by Crippen LogP contribution is 1.68. The van der Waals surface area contributed by atoms with Gasteiger partial charge in [-0.15, -0.1) is 0 Å². The molecule has 0 aliphatic rings. The lowest BCUT2D eigenvalue weighted by atomic mass is 11.0. The van der Waals surface area contributed by atoms with Crippen LogP contribution in [-0.2, 0) is 4.74 Å². The highest BCUT2D eigenvalue weighted by atomic mass is 16.6. The van der Waals surface area contributed by atoms with Crippen molar-refractivity contribution in [3.63, 3.8) is 0 Å². The van der Waals surface area contributed by atoms with E-state index in [1.807, 2.05) is 0 Å². The van der Waals surface area contributed by atoms with Crippen LogP contribution in [0.2, 0.25) is 0 Å². The largest absolute Gasteiger partial charge is 0.356 e. The maximum absolute atomic E-state index is 8.33. The lowest BCUT2D eigenvalue weighted by molar-refractivity contribution is -0.0917. The Bertz CT molecular complexity index is 28.0. The van der Waals surface area contributed by atoms with Crippen LogP contribution < -0.4 is 5.32 Å². The maximum Gasteiger partial charge on any atom is 0.212 e. The Kier molecular flexibility index (Phi) is 3.02. The van der Waals surface area contributed by atoms with Gasteiger partial charge in [0.1, 0.15) is 0 Å². The van der Waals surface area contributed by atoms with Crippen molar-refractivity contribution in [1.29, 1.82) is 0 Å². The highest BCUT2D eigenvalue weighted by molar-refractivity contribution is 4.20. The molecule has 0 aromatic carbocycles. The predicted molar refractivity (Wildman–Crippen MR) is 22.1 cm³/mol. The number of rotatable bonds is 2. The summed E-state index contributed by atoms with van der Waals surface area (Å²) in [5.41, 5.74) is 0. The van der Waals surface area contributed by atoms with Crippen LogP contribution in [0.5, 0.6) is 0 Å². The number of nitrogens with one attached hydrogen (secondary N) is 1. The van der Waals surface area contributed by atoms with Gasteiger partial charge >= 0.3 is 0 Å². The minimum atomic E-state index is -0.815. The van der Waals surface area contributed by atoms with Crippen molar-refractivity contribution >= 4 is 0 Å². The first-order chi connectivity index (χ1) is 2.81. The lowest BCUT2D eigenvalue weighted by Crippen LogP contribution is -2.25. The zero-order valence-corrected chi connectivity index (χ0v) is 3.93. The fraction of sp³-hybridized carbons (Fsp3) is 1.00. The van der Waals surface area contributed by atoms with Crippen LogP contribution in [0.25, 0.3) is 0 Å². The molecule has 0 rings (SSSR count). The van der Waals surface area contributed by atoms with Crippen LogP contribution in [0, 0.1) is 0 Å². The molecule has 0 aromatic heterocycles. The van der Waals surface area contributed by atoms with Gasteiger partial charge in [0.25, 0.3) is 0 Å². The Hall–Kier alpha value is -0.120. The van der Waals surface area contributed by atoms with Crippen molar-refractivity contribution in [2.24, 2.45) is 0 Å². The molecule has 0 fully saturated rings. The van der Waals surface area contributed by atoms with Crippen LogP contribution in [0.4, 0.5) is 0 Å². The van der Waals surface area contributed by atoms with Crippen LogP contribution in [0.1, 0.15) is 0 Å². The van der Waals surface area contributed by atoms with Crippen molar-refractivity contribution in [1.82, 2.24) is 5.32 Å². The normalized spacial score (nSPS) is 14.5. The van der Waals surface area contributed by atoms with Gasteiger partial charge in [-0.25, -0.2) is 0 Å². The van der Waals surface area contributed by atoms with Crippen LogP contribution in [0.3, 0.4) is 0 Å². The molecule has 0 saturated heterocycles. The number of aliphatic hydroxyl groups is 1. The van der Waals surface area contributed by atoms with E-state index in [-0.39, 0.29) is 0 Å². The average molecular weight is 91.1 g/mol. The van der Waals surface area contributed by atoms with E-state index in [0.29, 0.717) is 0 Å². The summed E-state index contributed by atoms with van der Waals surface area (Å²) in [5, 5.41) is 10.8. The SMILES string of the molecule is CN[C@H](O)OC. The van der Waals surface area contributed by atoms with E-state index in [4.69, 9.17) is 5.11 Å². The standard InChI is InChI=1S/C3H9NO2/c1-4-3(5)6-2/h3-5H,1-2H3/t3-/m1/s1. The Morgan fingerprint density at radius 1 is 1.83 bits per heavy atom. The van der Waals surface area contributed by atoms with Crippen molar-refractivity contribution in [3.05, 3.63) is 0 Å². The Labute approximate surface area is 36.9 Å². The third-order valence-electron chi connectivity index (χ3n) is 0.470. The molecule has 6 heavy (non-hydrogen) atoms. The Balaban J connectivity index is 2.75. The smallest absolute Gasteiger partial charge is 0.212 e. The molecule has 0 radical (unpaired) electrons.